The third kappa shape index (κ3) is 6.02. The van der Waals surface area contributed by atoms with Crippen molar-refractivity contribution in [2.75, 3.05) is 29.4 Å². The molecule has 1 aliphatic carbocycles. The van der Waals surface area contributed by atoms with E-state index in [0.717, 1.165) is 0 Å². The van der Waals surface area contributed by atoms with Crippen LogP contribution < -0.4 is 14.4 Å². The van der Waals surface area contributed by atoms with E-state index in [0.29, 0.717) is 11.3 Å². The summed E-state index contributed by atoms with van der Waals surface area (Å²) in [6.45, 7) is 0.776. The van der Waals surface area contributed by atoms with Gasteiger partial charge in [-0.25, -0.2) is 13.2 Å². The normalized spacial score (nSPS) is 12.1. The first kappa shape index (κ1) is 29.2. The Labute approximate surface area is 247 Å². The van der Waals surface area contributed by atoms with Gasteiger partial charge in [0, 0.05) is 23.2 Å². The fourth-order valence-corrected chi connectivity index (χ4v) is 6.18. The highest BCUT2D eigenvalue weighted by Crippen LogP contribution is 2.32. The van der Waals surface area contributed by atoms with Crippen molar-refractivity contribution < 1.29 is 37.1 Å². The molecule has 11 heteroatoms. The quantitative estimate of drug-likeness (QED) is 0.236. The molecule has 0 fully saturated rings. The predicted octanol–water partition coefficient (Wildman–Crippen LogP) is 4.24. The lowest BCUT2D eigenvalue weighted by molar-refractivity contribution is -0.149. The summed E-state index contributed by atoms with van der Waals surface area (Å²) in [5.41, 5.74) is 1.36. The monoisotopic (exact) mass is 598 g/mol. The SMILES string of the molecule is CCN(c1ccc(OCC(=O)OCC(=O)Nc2cccc3c2C(=O)c2ccccc2C3=O)cc1)S(=O)(=O)c1ccccc1. The molecule has 43 heavy (non-hydrogen) atoms. The average molecular weight is 599 g/mol. The summed E-state index contributed by atoms with van der Waals surface area (Å²) in [5, 5.41) is 2.54. The maximum Gasteiger partial charge on any atom is 0.344 e. The van der Waals surface area contributed by atoms with Crippen LogP contribution in [-0.4, -0.2) is 51.6 Å². The Hall–Kier alpha value is -5.29. The van der Waals surface area contributed by atoms with Crippen LogP contribution in [0.25, 0.3) is 0 Å². The molecule has 0 saturated carbocycles. The average Bonchev–Trinajstić information content (AvgIpc) is 3.03. The van der Waals surface area contributed by atoms with Crippen LogP contribution in [0.15, 0.2) is 102 Å². The number of fused-ring (bicyclic) bond motifs is 2. The van der Waals surface area contributed by atoms with E-state index in [1.165, 1.54) is 40.7 Å². The summed E-state index contributed by atoms with van der Waals surface area (Å²) in [5.74, 6) is -1.95. The minimum atomic E-state index is -3.76. The van der Waals surface area contributed by atoms with Crippen molar-refractivity contribution >= 4 is 44.8 Å². The van der Waals surface area contributed by atoms with Gasteiger partial charge < -0.3 is 14.8 Å². The molecule has 0 heterocycles. The van der Waals surface area contributed by atoms with Gasteiger partial charge in [0.05, 0.1) is 21.8 Å². The molecular weight excluding hydrogens is 572 g/mol. The van der Waals surface area contributed by atoms with Gasteiger partial charge in [-0.3, -0.25) is 18.7 Å². The number of nitrogens with zero attached hydrogens (tertiary/aromatic N) is 1. The number of carbonyl (C=O) groups excluding carboxylic acids is 4. The third-order valence-electron chi connectivity index (χ3n) is 6.69. The minimum Gasteiger partial charge on any atom is -0.482 e. The maximum atomic E-state index is 13.1. The van der Waals surface area contributed by atoms with Crippen LogP contribution in [0, 0.1) is 0 Å². The molecule has 0 aliphatic heterocycles. The molecule has 0 atom stereocenters. The van der Waals surface area contributed by atoms with E-state index in [2.05, 4.69) is 5.32 Å². The van der Waals surface area contributed by atoms with Gasteiger partial charge in [-0.15, -0.1) is 0 Å². The van der Waals surface area contributed by atoms with E-state index in [1.807, 2.05) is 0 Å². The summed E-state index contributed by atoms with van der Waals surface area (Å²) >= 11 is 0. The number of sulfonamides is 1. The minimum absolute atomic E-state index is 0.0795. The Bertz CT molecular complexity index is 1820. The number of nitrogens with one attached hydrogen (secondary N) is 1. The smallest absolute Gasteiger partial charge is 0.344 e. The van der Waals surface area contributed by atoms with Gasteiger partial charge in [-0.1, -0.05) is 54.6 Å². The number of ketones is 2. The molecule has 1 amide bonds. The van der Waals surface area contributed by atoms with Crippen molar-refractivity contribution in [3.8, 4) is 5.75 Å². The van der Waals surface area contributed by atoms with Gasteiger partial charge >= 0.3 is 5.97 Å². The summed E-state index contributed by atoms with van der Waals surface area (Å²) in [7, 11) is -3.76. The highest BCUT2D eigenvalue weighted by atomic mass is 32.2. The van der Waals surface area contributed by atoms with Crippen LogP contribution in [0.3, 0.4) is 0 Å². The van der Waals surface area contributed by atoms with Gasteiger partial charge in [0.2, 0.25) is 0 Å². The number of ether oxygens (including phenoxy) is 2. The standard InChI is InChI=1S/C32H26N2O8S/c1-2-34(43(39,40)23-9-4-3-5-10-23)21-15-17-22(18-16-21)41-20-29(36)42-19-28(35)33-27-14-8-13-26-30(27)32(38)25-12-7-6-11-24(25)31(26)37/h3-18H,2,19-20H2,1H3,(H,33,35). The van der Waals surface area contributed by atoms with Crippen LogP contribution in [0.1, 0.15) is 38.8 Å². The number of rotatable bonds is 10. The number of hydrogen-bond acceptors (Lipinski definition) is 8. The van der Waals surface area contributed by atoms with Crippen LogP contribution in [0.5, 0.6) is 5.75 Å². The van der Waals surface area contributed by atoms with Crippen molar-refractivity contribution in [1.29, 1.82) is 0 Å². The molecule has 4 aromatic carbocycles. The predicted molar refractivity (Wildman–Crippen MR) is 158 cm³/mol. The Morgan fingerprint density at radius 3 is 2.05 bits per heavy atom. The molecule has 1 N–H and O–H groups in total. The molecular formula is C32H26N2O8S. The van der Waals surface area contributed by atoms with Gasteiger partial charge in [0.15, 0.2) is 24.8 Å². The fraction of sp³-hybridized carbons (Fsp3) is 0.125. The van der Waals surface area contributed by atoms with Crippen molar-refractivity contribution in [2.45, 2.75) is 11.8 Å². The van der Waals surface area contributed by atoms with Gasteiger partial charge in [0.1, 0.15) is 5.75 Å². The zero-order valence-electron chi connectivity index (χ0n) is 23.0. The molecule has 0 aromatic heterocycles. The highest BCUT2D eigenvalue weighted by Gasteiger charge is 2.31. The van der Waals surface area contributed by atoms with Crippen molar-refractivity contribution in [3.05, 3.63) is 119 Å². The van der Waals surface area contributed by atoms with Crippen LogP contribution in [0.2, 0.25) is 0 Å². The number of carbonyl (C=O) groups is 4. The van der Waals surface area contributed by atoms with Crippen LogP contribution >= 0.6 is 0 Å². The first-order valence-electron chi connectivity index (χ1n) is 13.3. The van der Waals surface area contributed by atoms with Crippen LogP contribution in [-0.2, 0) is 24.3 Å². The Balaban J connectivity index is 1.15. The lowest BCUT2D eigenvalue weighted by atomic mass is 9.83. The molecule has 5 rings (SSSR count). The second-order valence-electron chi connectivity index (χ2n) is 9.41. The first-order valence-corrected chi connectivity index (χ1v) is 14.7. The molecule has 0 unspecified atom stereocenters. The van der Waals surface area contributed by atoms with E-state index >= 15 is 0 Å². The second-order valence-corrected chi connectivity index (χ2v) is 11.3. The summed E-state index contributed by atoms with van der Waals surface area (Å²) in [4.78, 5) is 50.9. The number of anilines is 2. The molecule has 4 aromatic rings. The molecule has 10 nitrogen and oxygen atoms in total. The van der Waals surface area contributed by atoms with E-state index in [-0.39, 0.29) is 45.4 Å². The zero-order chi connectivity index (χ0) is 30.6. The van der Waals surface area contributed by atoms with Crippen molar-refractivity contribution in [3.63, 3.8) is 0 Å². The number of benzene rings is 4. The first-order chi connectivity index (χ1) is 20.7. The van der Waals surface area contributed by atoms with Gasteiger partial charge in [-0.05, 0) is 49.4 Å². The largest absolute Gasteiger partial charge is 0.482 e. The molecule has 0 bridgehead atoms. The second kappa shape index (κ2) is 12.3. The number of esters is 1. The number of hydrogen-bond donors (Lipinski definition) is 1. The lowest BCUT2D eigenvalue weighted by Crippen LogP contribution is -2.30. The summed E-state index contributed by atoms with van der Waals surface area (Å²) < 4.78 is 37.7. The fourth-order valence-electron chi connectivity index (χ4n) is 4.69. The van der Waals surface area contributed by atoms with Gasteiger partial charge in [0.25, 0.3) is 15.9 Å². The molecule has 1 aliphatic rings. The van der Waals surface area contributed by atoms with Crippen LogP contribution in [0.4, 0.5) is 11.4 Å². The lowest BCUT2D eigenvalue weighted by Gasteiger charge is -2.23. The van der Waals surface area contributed by atoms with Crippen molar-refractivity contribution in [1.82, 2.24) is 0 Å². The van der Waals surface area contributed by atoms with E-state index in [4.69, 9.17) is 9.47 Å². The Kier molecular flexibility index (Phi) is 8.35. The topological polar surface area (TPSA) is 136 Å². The number of amides is 1. The zero-order valence-corrected chi connectivity index (χ0v) is 23.8. The molecule has 0 spiro atoms. The summed E-state index contributed by atoms with van der Waals surface area (Å²) in [6.07, 6.45) is 0. The van der Waals surface area contributed by atoms with E-state index in [1.54, 1.807) is 67.6 Å². The Morgan fingerprint density at radius 1 is 0.744 bits per heavy atom. The third-order valence-corrected chi connectivity index (χ3v) is 8.61. The van der Waals surface area contributed by atoms with Gasteiger partial charge in [-0.2, -0.15) is 0 Å². The summed E-state index contributed by atoms with van der Waals surface area (Å²) in [6, 6.07) is 25.3. The molecule has 0 saturated heterocycles. The molecule has 0 radical (unpaired) electrons. The Morgan fingerprint density at radius 2 is 1.37 bits per heavy atom. The molecule has 218 valence electrons. The highest BCUT2D eigenvalue weighted by molar-refractivity contribution is 7.92. The van der Waals surface area contributed by atoms with E-state index < -0.39 is 40.9 Å². The van der Waals surface area contributed by atoms with Crippen molar-refractivity contribution in [2.24, 2.45) is 0 Å². The van der Waals surface area contributed by atoms with E-state index in [9.17, 15) is 27.6 Å². The maximum absolute atomic E-state index is 13.1.